The third kappa shape index (κ3) is 4.22. The highest BCUT2D eigenvalue weighted by Crippen LogP contribution is 2.33. The quantitative estimate of drug-likeness (QED) is 0.236. The van der Waals surface area contributed by atoms with Gasteiger partial charge in [0.15, 0.2) is 11.6 Å². The lowest BCUT2D eigenvalue weighted by atomic mass is 10.2. The zero-order valence-electron chi connectivity index (χ0n) is 14.2. The van der Waals surface area contributed by atoms with Crippen LogP contribution in [0.15, 0.2) is 24.8 Å². The Labute approximate surface area is 162 Å². The lowest BCUT2D eigenvalue weighted by Gasteiger charge is -2.14. The lowest BCUT2D eigenvalue weighted by molar-refractivity contribution is 0.0480. The van der Waals surface area contributed by atoms with Gasteiger partial charge in [-0.25, -0.2) is 8.78 Å². The zero-order valence-corrected chi connectivity index (χ0v) is 16.4. The second kappa shape index (κ2) is 8.60. The first-order valence-electron chi connectivity index (χ1n) is 7.57. The predicted molar refractivity (Wildman–Crippen MR) is 103 cm³/mol. The number of nitrogens with one attached hydrogen (secondary N) is 2. The number of anilines is 2. The van der Waals surface area contributed by atoms with Crippen molar-refractivity contribution < 1.29 is 23.5 Å². The van der Waals surface area contributed by atoms with E-state index < -0.39 is 17.4 Å². The Morgan fingerprint density at radius 3 is 2.69 bits per heavy atom. The van der Waals surface area contributed by atoms with E-state index in [1.807, 2.05) is 22.6 Å². The highest BCUT2D eigenvalue weighted by molar-refractivity contribution is 14.1. The van der Waals surface area contributed by atoms with Crippen molar-refractivity contribution >= 4 is 45.6 Å². The molecule has 1 aromatic carbocycles. The van der Waals surface area contributed by atoms with Crippen LogP contribution in [0.1, 0.15) is 23.0 Å². The largest absolute Gasteiger partial charge is 0.394 e. The van der Waals surface area contributed by atoms with Crippen molar-refractivity contribution in [1.82, 2.24) is 10.0 Å². The molecule has 0 radical (unpaired) electrons. The van der Waals surface area contributed by atoms with Crippen LogP contribution in [0.2, 0.25) is 0 Å². The number of rotatable bonds is 8. The van der Waals surface area contributed by atoms with E-state index >= 15 is 0 Å². The molecule has 140 valence electrons. The molecule has 0 fully saturated rings. The molecule has 0 atom stereocenters. The molecular weight excluding hydrogens is 459 g/mol. The number of carbonyl (C=O) groups is 1. The maximum atomic E-state index is 14.8. The summed E-state index contributed by atoms with van der Waals surface area (Å²) in [6.07, 6.45) is 0. The topological polar surface area (TPSA) is 75.5 Å². The van der Waals surface area contributed by atoms with Crippen LogP contribution in [0, 0.1) is 15.2 Å². The summed E-state index contributed by atoms with van der Waals surface area (Å²) in [5.74, 6) is -1.69. The molecule has 26 heavy (non-hydrogen) atoms. The van der Waals surface area contributed by atoms with E-state index in [0.717, 1.165) is 0 Å². The van der Waals surface area contributed by atoms with E-state index in [1.54, 1.807) is 6.07 Å². The van der Waals surface area contributed by atoms with Gasteiger partial charge >= 0.3 is 0 Å². The van der Waals surface area contributed by atoms with Gasteiger partial charge in [0.25, 0.3) is 0 Å². The molecule has 0 spiro atoms. The average Bonchev–Trinajstić information content (AvgIpc) is 2.80. The fourth-order valence-electron chi connectivity index (χ4n) is 2.41. The maximum absolute atomic E-state index is 14.8. The van der Waals surface area contributed by atoms with Crippen molar-refractivity contribution in [2.75, 3.05) is 18.5 Å². The Morgan fingerprint density at radius 1 is 1.42 bits per heavy atom. The number of benzene rings is 1. The summed E-state index contributed by atoms with van der Waals surface area (Å²) in [7, 11) is 1.48. The molecule has 2 rings (SSSR count). The van der Waals surface area contributed by atoms with Gasteiger partial charge in [-0.1, -0.05) is 6.58 Å². The molecule has 2 aromatic rings. The lowest BCUT2D eigenvalue weighted by Crippen LogP contribution is -2.16. The second-order valence-corrected chi connectivity index (χ2v) is 6.65. The van der Waals surface area contributed by atoms with Crippen LogP contribution in [0.4, 0.5) is 20.3 Å². The number of hydrogen-bond acceptors (Lipinski definition) is 5. The summed E-state index contributed by atoms with van der Waals surface area (Å²) in [4.78, 5) is 16.8. The molecule has 6 nitrogen and oxygen atoms in total. The average molecular weight is 477 g/mol. The van der Waals surface area contributed by atoms with Crippen molar-refractivity contribution in [3.63, 3.8) is 0 Å². The number of halogens is 3. The SMILES string of the molecule is C=C(NOCCO)c1c(F)c(C(C)=O)n(C)c1Nc1ccc(I)cc1F. The van der Waals surface area contributed by atoms with Gasteiger partial charge in [0, 0.05) is 17.5 Å². The van der Waals surface area contributed by atoms with E-state index in [9.17, 15) is 13.6 Å². The standard InChI is InChI=1S/C17H18F2IN3O3/c1-9(22-26-7-6-24)14-15(19)16(10(2)25)23(3)17(14)21-13-5-4-11(20)8-12(13)18/h4-5,8,21-22,24H,1,6-7H2,2-3H3. The summed E-state index contributed by atoms with van der Waals surface area (Å²) >= 11 is 1.98. The highest BCUT2D eigenvalue weighted by Gasteiger charge is 2.26. The van der Waals surface area contributed by atoms with Crippen LogP contribution >= 0.6 is 22.6 Å². The van der Waals surface area contributed by atoms with Gasteiger partial charge in [0.05, 0.1) is 30.2 Å². The van der Waals surface area contributed by atoms with Crippen molar-refractivity contribution in [2.45, 2.75) is 6.92 Å². The van der Waals surface area contributed by atoms with Gasteiger partial charge in [-0.15, -0.1) is 0 Å². The Bertz CT molecular complexity index is 852. The van der Waals surface area contributed by atoms with E-state index in [2.05, 4.69) is 17.4 Å². The maximum Gasteiger partial charge on any atom is 0.179 e. The van der Waals surface area contributed by atoms with Crippen LogP contribution in [-0.2, 0) is 11.9 Å². The second-order valence-electron chi connectivity index (χ2n) is 5.40. The molecule has 0 unspecified atom stereocenters. The molecule has 0 aliphatic carbocycles. The Balaban J connectivity index is 2.50. The van der Waals surface area contributed by atoms with Gasteiger partial charge in [0.1, 0.15) is 17.3 Å². The van der Waals surface area contributed by atoms with E-state index in [-0.39, 0.29) is 41.7 Å². The molecular formula is C17H18F2IN3O3. The summed E-state index contributed by atoms with van der Waals surface area (Å²) in [5, 5.41) is 11.6. The van der Waals surface area contributed by atoms with Crippen molar-refractivity contribution in [1.29, 1.82) is 0 Å². The number of aliphatic hydroxyl groups excluding tert-OH is 1. The summed E-state index contributed by atoms with van der Waals surface area (Å²) in [6.45, 7) is 4.64. The smallest absolute Gasteiger partial charge is 0.179 e. The Kier molecular flexibility index (Phi) is 6.73. The van der Waals surface area contributed by atoms with E-state index in [0.29, 0.717) is 3.57 Å². The summed E-state index contributed by atoms with van der Waals surface area (Å²) in [6, 6.07) is 4.52. The number of nitrogens with zero attached hydrogens (tertiary/aromatic N) is 1. The Hall–Kier alpha value is -1.98. The minimum atomic E-state index is -0.807. The molecule has 0 aliphatic heterocycles. The summed E-state index contributed by atoms with van der Waals surface area (Å²) in [5.41, 5.74) is 2.31. The first kappa shape index (κ1) is 20.3. The first-order valence-corrected chi connectivity index (χ1v) is 8.64. The molecule has 1 aromatic heterocycles. The van der Waals surface area contributed by atoms with Crippen molar-refractivity contribution in [3.8, 4) is 0 Å². The van der Waals surface area contributed by atoms with Crippen LogP contribution in [-0.4, -0.2) is 28.7 Å². The van der Waals surface area contributed by atoms with Gasteiger partial charge in [0.2, 0.25) is 0 Å². The van der Waals surface area contributed by atoms with Gasteiger partial charge in [-0.2, -0.15) is 0 Å². The predicted octanol–water partition coefficient (Wildman–Crippen LogP) is 3.34. The number of hydroxylamine groups is 1. The molecule has 0 saturated heterocycles. The zero-order chi connectivity index (χ0) is 19.4. The molecule has 0 saturated carbocycles. The number of aliphatic hydroxyl groups is 1. The highest BCUT2D eigenvalue weighted by atomic mass is 127. The molecule has 9 heteroatoms. The number of Topliss-reactive ketones (excluding diaryl/α,β-unsaturated/α-hetero) is 1. The molecule has 1 heterocycles. The van der Waals surface area contributed by atoms with Crippen LogP contribution in [0.3, 0.4) is 0 Å². The van der Waals surface area contributed by atoms with Crippen LogP contribution in [0.25, 0.3) is 5.70 Å². The number of aromatic nitrogens is 1. The van der Waals surface area contributed by atoms with Gasteiger partial charge < -0.3 is 15.0 Å². The van der Waals surface area contributed by atoms with E-state index in [4.69, 9.17) is 9.94 Å². The molecule has 3 N–H and O–H groups in total. The Morgan fingerprint density at radius 2 is 2.12 bits per heavy atom. The molecule has 0 aliphatic rings. The van der Waals surface area contributed by atoms with Crippen molar-refractivity contribution in [2.24, 2.45) is 7.05 Å². The van der Waals surface area contributed by atoms with Gasteiger partial charge in [-0.05, 0) is 40.8 Å². The summed E-state index contributed by atoms with van der Waals surface area (Å²) < 4.78 is 31.0. The number of ketones is 1. The normalized spacial score (nSPS) is 10.7. The van der Waals surface area contributed by atoms with Gasteiger partial charge in [-0.3, -0.25) is 15.1 Å². The third-order valence-electron chi connectivity index (χ3n) is 3.54. The number of carbonyl (C=O) groups excluding carboxylic acids is 1. The van der Waals surface area contributed by atoms with Crippen molar-refractivity contribution in [3.05, 3.63) is 51.2 Å². The minimum Gasteiger partial charge on any atom is -0.394 e. The minimum absolute atomic E-state index is 0.0208. The van der Waals surface area contributed by atoms with Crippen LogP contribution in [0.5, 0.6) is 0 Å². The molecule has 0 amide bonds. The van der Waals surface area contributed by atoms with E-state index in [1.165, 1.54) is 30.7 Å². The molecule has 0 bridgehead atoms. The third-order valence-corrected chi connectivity index (χ3v) is 4.21. The van der Waals surface area contributed by atoms with Crippen LogP contribution < -0.4 is 10.8 Å². The first-order chi connectivity index (χ1) is 12.3. The fraction of sp³-hybridized carbons (Fsp3) is 0.235. The fourth-order valence-corrected chi connectivity index (χ4v) is 2.87. The number of hydrogen-bond donors (Lipinski definition) is 3. The monoisotopic (exact) mass is 477 g/mol.